The van der Waals surface area contributed by atoms with Gasteiger partial charge in [0, 0.05) is 23.6 Å². The average molecular weight is 316 g/mol. The summed E-state index contributed by atoms with van der Waals surface area (Å²) in [5, 5.41) is 0. The van der Waals surface area contributed by atoms with E-state index in [1.54, 1.807) is 7.11 Å². The van der Waals surface area contributed by atoms with Crippen molar-refractivity contribution in [2.75, 3.05) is 13.9 Å². The molecule has 122 valence electrons. The molecule has 3 aliphatic rings. The molecule has 0 spiro atoms. The third kappa shape index (κ3) is 2.35. The maximum absolute atomic E-state index is 12.2. The first-order valence-electron chi connectivity index (χ1n) is 8.03. The molecule has 23 heavy (non-hydrogen) atoms. The number of fused-ring (bicyclic) bond motifs is 6. The number of benzene rings is 1. The molecule has 0 radical (unpaired) electrons. The predicted octanol–water partition coefficient (Wildman–Crippen LogP) is 3.31. The molecule has 1 aromatic carbocycles. The summed E-state index contributed by atoms with van der Waals surface area (Å²) in [4.78, 5) is 12.2. The van der Waals surface area contributed by atoms with Gasteiger partial charge in [0.25, 0.3) is 0 Å². The van der Waals surface area contributed by atoms with E-state index in [-0.39, 0.29) is 24.8 Å². The average Bonchev–Trinajstić information content (AvgIpc) is 3.13. The second-order valence-corrected chi connectivity index (χ2v) is 6.37. The molecular weight excluding hydrogens is 296 g/mol. The van der Waals surface area contributed by atoms with E-state index in [2.05, 4.69) is 13.0 Å². The van der Waals surface area contributed by atoms with E-state index < -0.39 is 0 Å². The molecule has 2 heterocycles. The zero-order valence-electron chi connectivity index (χ0n) is 13.4. The van der Waals surface area contributed by atoms with Gasteiger partial charge in [-0.15, -0.1) is 0 Å². The van der Waals surface area contributed by atoms with Crippen LogP contribution in [0.2, 0.25) is 0 Å². The van der Waals surface area contributed by atoms with Crippen LogP contribution < -0.4 is 14.2 Å². The number of methoxy groups -OCH3 is 1. The summed E-state index contributed by atoms with van der Waals surface area (Å²) in [5.41, 5.74) is 3.21. The second kappa shape index (κ2) is 5.48. The fourth-order valence-electron chi connectivity index (χ4n) is 3.73. The Balaban J connectivity index is 1.91. The summed E-state index contributed by atoms with van der Waals surface area (Å²) in [5.74, 6) is 2.02. The summed E-state index contributed by atoms with van der Waals surface area (Å²) in [6.45, 7) is 2.32. The lowest BCUT2D eigenvalue weighted by atomic mass is 9.88. The van der Waals surface area contributed by atoms with Gasteiger partial charge < -0.3 is 18.9 Å². The molecule has 4 rings (SSSR count). The highest BCUT2D eigenvalue weighted by Gasteiger charge is 2.39. The molecule has 0 saturated carbocycles. The fraction of sp³-hybridized carbons (Fsp3) is 0.500. The first-order chi connectivity index (χ1) is 11.2. The Kier molecular flexibility index (Phi) is 3.43. The largest absolute Gasteiger partial charge is 0.496 e. The van der Waals surface area contributed by atoms with Crippen molar-refractivity contribution in [3.63, 3.8) is 0 Å². The minimum atomic E-state index is -0.266. The first-order valence-corrected chi connectivity index (χ1v) is 8.03. The summed E-state index contributed by atoms with van der Waals surface area (Å²) >= 11 is 0. The number of allylic oxidation sites excluding steroid dienone is 2. The smallest absolute Gasteiger partial charge is 0.309 e. The van der Waals surface area contributed by atoms with Crippen LogP contribution in [0.4, 0.5) is 0 Å². The lowest BCUT2D eigenvalue weighted by molar-refractivity contribution is -0.144. The molecule has 2 bridgehead atoms. The highest BCUT2D eigenvalue weighted by Crippen LogP contribution is 2.50. The molecule has 5 nitrogen and oxygen atoms in total. The summed E-state index contributed by atoms with van der Waals surface area (Å²) < 4.78 is 22.5. The molecule has 0 aromatic heterocycles. The van der Waals surface area contributed by atoms with Crippen molar-refractivity contribution < 1.29 is 23.7 Å². The molecule has 1 aromatic rings. The van der Waals surface area contributed by atoms with Crippen molar-refractivity contribution in [3.05, 3.63) is 28.8 Å². The zero-order valence-corrected chi connectivity index (χ0v) is 13.4. The number of carbonyl (C=O) groups is 1. The van der Waals surface area contributed by atoms with Crippen LogP contribution in [0.5, 0.6) is 17.2 Å². The van der Waals surface area contributed by atoms with Crippen molar-refractivity contribution in [3.8, 4) is 17.2 Å². The third-order valence-corrected chi connectivity index (χ3v) is 4.86. The second-order valence-electron chi connectivity index (χ2n) is 6.37. The van der Waals surface area contributed by atoms with E-state index in [0.717, 1.165) is 36.1 Å². The van der Waals surface area contributed by atoms with Crippen LogP contribution in [0.25, 0.3) is 0 Å². The van der Waals surface area contributed by atoms with Gasteiger partial charge in [-0.05, 0) is 26.2 Å². The Morgan fingerprint density at radius 2 is 2.17 bits per heavy atom. The lowest BCUT2D eigenvalue weighted by Gasteiger charge is -2.21. The molecule has 1 aliphatic carbocycles. The van der Waals surface area contributed by atoms with E-state index >= 15 is 0 Å². The van der Waals surface area contributed by atoms with Gasteiger partial charge in [0.15, 0.2) is 11.5 Å². The van der Waals surface area contributed by atoms with Gasteiger partial charge in [-0.3, -0.25) is 4.79 Å². The normalized spacial score (nSPS) is 27.7. The van der Waals surface area contributed by atoms with Crippen LogP contribution >= 0.6 is 0 Å². The van der Waals surface area contributed by atoms with Gasteiger partial charge in [0.2, 0.25) is 6.79 Å². The number of ether oxygens (including phenoxy) is 4. The zero-order chi connectivity index (χ0) is 16.0. The monoisotopic (exact) mass is 316 g/mol. The van der Waals surface area contributed by atoms with Crippen LogP contribution in [-0.4, -0.2) is 19.9 Å². The third-order valence-electron chi connectivity index (χ3n) is 4.86. The Morgan fingerprint density at radius 1 is 1.30 bits per heavy atom. The van der Waals surface area contributed by atoms with Crippen molar-refractivity contribution in [2.45, 2.75) is 38.7 Å². The number of rotatable bonds is 1. The van der Waals surface area contributed by atoms with Gasteiger partial charge in [-0.2, -0.15) is 0 Å². The first kappa shape index (κ1) is 14.4. The topological polar surface area (TPSA) is 54.0 Å². The highest BCUT2D eigenvalue weighted by molar-refractivity contribution is 5.75. The van der Waals surface area contributed by atoms with Crippen LogP contribution in [-0.2, 0) is 16.0 Å². The van der Waals surface area contributed by atoms with E-state index in [1.807, 2.05) is 6.07 Å². The van der Waals surface area contributed by atoms with Crippen LogP contribution in [0, 0.1) is 5.92 Å². The maximum atomic E-state index is 12.2. The van der Waals surface area contributed by atoms with Crippen molar-refractivity contribution in [1.29, 1.82) is 0 Å². The van der Waals surface area contributed by atoms with Gasteiger partial charge in [-0.1, -0.05) is 11.6 Å². The molecule has 0 amide bonds. The molecule has 0 N–H and O–H groups in total. The molecule has 1 fully saturated rings. The standard InChI is InChI=1S/C18H20O5/c1-10-4-3-5-11-7-14(23-18(11)19)16-12(6-10)17-15(21-9-22-17)8-13(16)20-2/h4,8,11,14H,3,5-7,9H2,1-2H3/b10-4+/t11-,14-/m1/s1. The van der Waals surface area contributed by atoms with Gasteiger partial charge in [0.05, 0.1) is 13.0 Å². The molecule has 1 saturated heterocycles. The summed E-state index contributed by atoms with van der Waals surface area (Å²) in [6, 6.07) is 1.84. The molecule has 0 unspecified atom stereocenters. The number of hydrogen-bond acceptors (Lipinski definition) is 5. The van der Waals surface area contributed by atoms with Gasteiger partial charge in [-0.25, -0.2) is 0 Å². The minimum Gasteiger partial charge on any atom is -0.496 e. The Bertz CT molecular complexity index is 691. The highest BCUT2D eigenvalue weighted by atomic mass is 16.7. The van der Waals surface area contributed by atoms with E-state index in [0.29, 0.717) is 17.9 Å². The summed E-state index contributed by atoms with van der Waals surface area (Å²) in [6.07, 6.45) is 5.13. The van der Waals surface area contributed by atoms with Gasteiger partial charge in [0.1, 0.15) is 11.9 Å². The number of hydrogen-bond donors (Lipinski definition) is 0. The lowest BCUT2D eigenvalue weighted by Crippen LogP contribution is -2.07. The molecular formula is C18H20O5. The molecule has 2 atom stereocenters. The van der Waals surface area contributed by atoms with E-state index in [9.17, 15) is 4.79 Å². The van der Waals surface area contributed by atoms with Crippen LogP contribution in [0.15, 0.2) is 17.7 Å². The minimum absolute atomic E-state index is 0.0369. The van der Waals surface area contributed by atoms with Crippen molar-refractivity contribution in [2.24, 2.45) is 5.92 Å². The Morgan fingerprint density at radius 3 is 3.00 bits per heavy atom. The number of esters is 1. The Labute approximate surface area is 135 Å². The predicted molar refractivity (Wildman–Crippen MR) is 82.8 cm³/mol. The molecule has 5 heteroatoms. The van der Waals surface area contributed by atoms with Crippen LogP contribution in [0.3, 0.4) is 0 Å². The number of carbonyl (C=O) groups excluding carboxylic acids is 1. The molecule has 2 aliphatic heterocycles. The van der Waals surface area contributed by atoms with Crippen LogP contribution in [0.1, 0.15) is 43.4 Å². The maximum Gasteiger partial charge on any atom is 0.309 e. The summed E-state index contributed by atoms with van der Waals surface area (Å²) in [7, 11) is 1.63. The van der Waals surface area contributed by atoms with E-state index in [4.69, 9.17) is 18.9 Å². The van der Waals surface area contributed by atoms with Gasteiger partial charge >= 0.3 is 5.97 Å². The Hall–Kier alpha value is -2.17. The van der Waals surface area contributed by atoms with Crippen molar-refractivity contribution >= 4 is 5.97 Å². The fourth-order valence-corrected chi connectivity index (χ4v) is 3.73. The van der Waals surface area contributed by atoms with Crippen molar-refractivity contribution in [1.82, 2.24) is 0 Å². The SMILES string of the molecule is COc1cc2c(c3c1[C@H]1C[C@@H](CC/C=C(\C)C3)C(=O)O1)OCO2. The quantitative estimate of drug-likeness (QED) is 0.588. The van der Waals surface area contributed by atoms with E-state index in [1.165, 1.54) is 5.57 Å².